The molecule has 42 heavy (non-hydrogen) atoms. The maximum Gasteiger partial charge on any atom is 0.304 e. The summed E-state index contributed by atoms with van der Waals surface area (Å²) in [4.78, 5) is 29.3. The first-order valence-electron chi connectivity index (χ1n) is 13.4. The fourth-order valence-electron chi connectivity index (χ4n) is 4.17. The van der Waals surface area contributed by atoms with Crippen molar-refractivity contribution in [2.45, 2.75) is 45.3 Å². The third kappa shape index (κ3) is 8.44. The molecule has 0 heterocycles. The largest absolute Gasteiger partial charge is 0.352 e. The van der Waals surface area contributed by atoms with Gasteiger partial charge in [-0.25, -0.2) is 8.70 Å². The number of amides is 2. The second-order valence-corrected chi connectivity index (χ2v) is 12.9. The zero-order chi connectivity index (χ0) is 31.0. The lowest BCUT2D eigenvalue weighted by Gasteiger charge is -2.35. The first-order chi connectivity index (χ1) is 19.8. The Morgan fingerprint density at radius 1 is 0.929 bits per heavy atom. The Morgan fingerprint density at radius 3 is 2.07 bits per heavy atom. The highest BCUT2D eigenvalue weighted by Gasteiger charge is 2.35. The van der Waals surface area contributed by atoms with Crippen molar-refractivity contribution in [3.63, 3.8) is 0 Å². The molecular formula is C30H35Cl2FN4O4S. The number of carbonyl (C=O) groups is 2. The van der Waals surface area contributed by atoms with Gasteiger partial charge in [-0.05, 0) is 55.3 Å². The molecule has 2 amide bonds. The summed E-state index contributed by atoms with van der Waals surface area (Å²) in [6, 6.07) is 17.6. The van der Waals surface area contributed by atoms with E-state index in [9.17, 15) is 22.4 Å². The Labute approximate surface area is 257 Å². The summed E-state index contributed by atoms with van der Waals surface area (Å²) in [5.41, 5.74) is 1.28. The molecule has 0 aliphatic carbocycles. The summed E-state index contributed by atoms with van der Waals surface area (Å²) in [6.07, 6.45) is 0.807. The van der Waals surface area contributed by atoms with E-state index in [1.54, 1.807) is 18.2 Å². The summed E-state index contributed by atoms with van der Waals surface area (Å²) in [5.74, 6) is -1.65. The monoisotopic (exact) mass is 636 g/mol. The van der Waals surface area contributed by atoms with Crippen LogP contribution in [-0.4, -0.2) is 62.2 Å². The third-order valence-electron chi connectivity index (χ3n) is 6.80. The Balaban J connectivity index is 2.14. The van der Waals surface area contributed by atoms with E-state index in [1.807, 2.05) is 44.2 Å². The zero-order valence-corrected chi connectivity index (χ0v) is 26.3. The van der Waals surface area contributed by atoms with Crippen LogP contribution in [0.3, 0.4) is 0 Å². The van der Waals surface area contributed by atoms with Crippen LogP contribution in [0.25, 0.3) is 0 Å². The lowest BCUT2D eigenvalue weighted by molar-refractivity contribution is -0.140. The highest BCUT2D eigenvalue weighted by molar-refractivity contribution is 7.90. The second-order valence-electron chi connectivity index (χ2n) is 10.0. The van der Waals surface area contributed by atoms with E-state index in [0.29, 0.717) is 12.0 Å². The maximum absolute atomic E-state index is 14.2. The van der Waals surface area contributed by atoms with E-state index in [-0.39, 0.29) is 34.7 Å². The smallest absolute Gasteiger partial charge is 0.304 e. The van der Waals surface area contributed by atoms with Gasteiger partial charge >= 0.3 is 10.2 Å². The zero-order valence-electron chi connectivity index (χ0n) is 23.9. The molecule has 3 aromatic carbocycles. The van der Waals surface area contributed by atoms with Crippen molar-refractivity contribution in [2.24, 2.45) is 0 Å². The molecule has 0 radical (unpaired) electrons. The number of nitrogens with zero attached hydrogens (tertiary/aromatic N) is 3. The molecule has 226 valence electrons. The van der Waals surface area contributed by atoms with Gasteiger partial charge in [0.05, 0.1) is 5.69 Å². The lowest BCUT2D eigenvalue weighted by Crippen LogP contribution is -2.55. The van der Waals surface area contributed by atoms with Crippen molar-refractivity contribution >= 4 is 50.9 Å². The van der Waals surface area contributed by atoms with E-state index in [4.69, 9.17) is 23.2 Å². The molecule has 0 saturated heterocycles. The molecule has 2 unspecified atom stereocenters. The number of anilines is 1. The minimum Gasteiger partial charge on any atom is -0.352 e. The Morgan fingerprint density at radius 2 is 1.52 bits per heavy atom. The van der Waals surface area contributed by atoms with Crippen LogP contribution in [0.1, 0.15) is 31.4 Å². The summed E-state index contributed by atoms with van der Waals surface area (Å²) < 4.78 is 42.3. The number of hydrogen-bond acceptors (Lipinski definition) is 4. The van der Waals surface area contributed by atoms with Crippen molar-refractivity contribution in [1.82, 2.24) is 14.5 Å². The normalized spacial score (nSPS) is 13.0. The van der Waals surface area contributed by atoms with Gasteiger partial charge in [0.15, 0.2) is 0 Å². The van der Waals surface area contributed by atoms with Gasteiger partial charge in [-0.3, -0.25) is 9.59 Å². The fraction of sp³-hybridized carbons (Fsp3) is 0.333. The van der Waals surface area contributed by atoms with E-state index >= 15 is 0 Å². The van der Waals surface area contributed by atoms with Crippen LogP contribution in [0.15, 0.2) is 72.8 Å². The number of carbonyl (C=O) groups excluding carboxylic acids is 2. The van der Waals surface area contributed by atoms with Crippen molar-refractivity contribution in [3.05, 3.63) is 99.8 Å². The van der Waals surface area contributed by atoms with Gasteiger partial charge in [0, 0.05) is 48.7 Å². The van der Waals surface area contributed by atoms with Crippen molar-refractivity contribution in [2.75, 3.05) is 24.9 Å². The maximum atomic E-state index is 14.2. The Kier molecular flexibility index (Phi) is 11.8. The average molecular weight is 638 g/mol. The molecule has 3 aromatic rings. The molecule has 2 atom stereocenters. The van der Waals surface area contributed by atoms with Gasteiger partial charge in [0.1, 0.15) is 18.4 Å². The van der Waals surface area contributed by atoms with E-state index in [0.717, 1.165) is 26.3 Å². The first-order valence-corrected chi connectivity index (χ1v) is 15.5. The Bertz CT molecular complexity index is 1450. The summed E-state index contributed by atoms with van der Waals surface area (Å²) >= 11 is 13.0. The fourth-order valence-corrected chi connectivity index (χ4v) is 5.75. The first kappa shape index (κ1) is 33.3. The standard InChI is InChI=1S/C30H35Cl2FN4O4S/c1-5-21(2)34-30(39)28(18-22-10-7-6-8-11-22)36(19-25-26(31)12-9-13-27(25)32)29(38)20-37(42(40,41)35(3)4)24-16-14-23(33)15-17-24/h6-17,21,28H,5,18-20H2,1-4H3,(H,34,39). The van der Waals surface area contributed by atoms with Gasteiger partial charge < -0.3 is 10.2 Å². The van der Waals surface area contributed by atoms with Crippen LogP contribution in [-0.2, 0) is 32.8 Å². The van der Waals surface area contributed by atoms with Crippen LogP contribution < -0.4 is 9.62 Å². The highest BCUT2D eigenvalue weighted by Crippen LogP contribution is 2.28. The number of halogens is 3. The molecule has 0 aromatic heterocycles. The lowest BCUT2D eigenvalue weighted by atomic mass is 10.0. The summed E-state index contributed by atoms with van der Waals surface area (Å²) in [5, 5.41) is 3.54. The minimum atomic E-state index is -4.21. The predicted molar refractivity (Wildman–Crippen MR) is 165 cm³/mol. The van der Waals surface area contributed by atoms with Crippen LogP contribution in [0, 0.1) is 5.82 Å². The molecule has 0 bridgehead atoms. The van der Waals surface area contributed by atoms with E-state index in [1.165, 1.54) is 31.1 Å². The van der Waals surface area contributed by atoms with Gasteiger partial charge in [0.2, 0.25) is 11.8 Å². The number of nitrogens with one attached hydrogen (secondary N) is 1. The molecule has 1 N–H and O–H groups in total. The molecule has 0 aliphatic rings. The second kappa shape index (κ2) is 14.8. The van der Waals surface area contributed by atoms with Crippen LogP contribution >= 0.6 is 23.2 Å². The van der Waals surface area contributed by atoms with E-state index < -0.39 is 40.4 Å². The Hall–Kier alpha value is -3.18. The van der Waals surface area contributed by atoms with Crippen molar-refractivity contribution in [1.29, 1.82) is 0 Å². The number of rotatable bonds is 13. The van der Waals surface area contributed by atoms with Gasteiger partial charge in [-0.1, -0.05) is 66.5 Å². The van der Waals surface area contributed by atoms with Crippen LogP contribution in [0.2, 0.25) is 10.0 Å². The van der Waals surface area contributed by atoms with Crippen LogP contribution in [0.4, 0.5) is 10.1 Å². The average Bonchev–Trinajstić information content (AvgIpc) is 2.95. The molecule has 0 fully saturated rings. The molecule has 0 saturated carbocycles. The summed E-state index contributed by atoms with van der Waals surface area (Å²) in [7, 11) is -1.55. The molecule has 12 heteroatoms. The predicted octanol–water partition coefficient (Wildman–Crippen LogP) is 5.30. The van der Waals surface area contributed by atoms with Crippen molar-refractivity contribution < 1.29 is 22.4 Å². The van der Waals surface area contributed by atoms with E-state index in [2.05, 4.69) is 5.32 Å². The molecule has 0 spiro atoms. The van der Waals surface area contributed by atoms with Gasteiger partial charge in [-0.2, -0.15) is 12.7 Å². The SMILES string of the molecule is CCC(C)NC(=O)C(Cc1ccccc1)N(Cc1c(Cl)cccc1Cl)C(=O)CN(c1ccc(F)cc1)S(=O)(=O)N(C)C. The molecule has 0 aliphatic heterocycles. The molecule has 8 nitrogen and oxygen atoms in total. The number of benzene rings is 3. The topological polar surface area (TPSA) is 90.0 Å². The molecular weight excluding hydrogens is 602 g/mol. The van der Waals surface area contributed by atoms with Crippen molar-refractivity contribution in [3.8, 4) is 0 Å². The van der Waals surface area contributed by atoms with Crippen LogP contribution in [0.5, 0.6) is 0 Å². The van der Waals surface area contributed by atoms with Gasteiger partial charge in [-0.15, -0.1) is 0 Å². The minimum absolute atomic E-state index is 0.0813. The third-order valence-corrected chi connectivity index (χ3v) is 9.32. The highest BCUT2D eigenvalue weighted by atomic mass is 35.5. The van der Waals surface area contributed by atoms with Gasteiger partial charge in [0.25, 0.3) is 0 Å². The molecule has 3 rings (SSSR count). The number of hydrogen-bond donors (Lipinski definition) is 1. The summed E-state index contributed by atoms with van der Waals surface area (Å²) in [6.45, 7) is 2.95. The quantitative estimate of drug-likeness (QED) is 0.276.